The number of nitrogens with one attached hydrogen (secondary N) is 2. The molecule has 3 aromatic carbocycles. The van der Waals surface area contributed by atoms with E-state index in [0.29, 0.717) is 21.8 Å². The van der Waals surface area contributed by atoms with Crippen LogP contribution in [0, 0.1) is 17.0 Å². The number of carbonyl (C=O) groups excluding carboxylic acids is 2. The van der Waals surface area contributed by atoms with Gasteiger partial charge in [0.2, 0.25) is 5.91 Å². The lowest BCUT2D eigenvalue weighted by Gasteiger charge is -2.10. The van der Waals surface area contributed by atoms with Crippen LogP contribution < -0.4 is 10.6 Å². The number of non-ortho nitro benzene ring substituents is 1. The molecule has 0 aliphatic heterocycles. The number of nitrogens with zero attached hydrogens (tertiary/aromatic N) is 1. The summed E-state index contributed by atoms with van der Waals surface area (Å²) in [7, 11) is 0. The monoisotopic (exact) mass is 509 g/mol. The number of aromatic carboxylic acids is 2. The first kappa shape index (κ1) is 25.9. The molecule has 0 aliphatic rings. The van der Waals surface area contributed by atoms with Crippen molar-refractivity contribution < 1.29 is 34.3 Å². The second-order valence-electron chi connectivity index (χ2n) is 7.45. The molecule has 36 heavy (non-hydrogen) atoms. The summed E-state index contributed by atoms with van der Waals surface area (Å²) in [6, 6.07) is 13.8. The third kappa shape index (κ3) is 6.45. The zero-order valence-corrected chi connectivity index (χ0v) is 19.5. The van der Waals surface area contributed by atoms with Gasteiger partial charge in [0, 0.05) is 28.4 Å². The fraction of sp³-hybridized carbons (Fsp3) is 0.0833. The van der Waals surface area contributed by atoms with E-state index in [1.165, 1.54) is 30.0 Å². The van der Waals surface area contributed by atoms with E-state index in [1.807, 2.05) is 0 Å². The van der Waals surface area contributed by atoms with Crippen molar-refractivity contribution in [3.8, 4) is 0 Å². The summed E-state index contributed by atoms with van der Waals surface area (Å²) in [5, 5.41) is 34.5. The largest absolute Gasteiger partial charge is 0.478 e. The third-order valence-corrected chi connectivity index (χ3v) is 5.89. The summed E-state index contributed by atoms with van der Waals surface area (Å²) in [5.41, 5.74) is 0.353. The Bertz CT molecular complexity index is 1390. The Kier molecular flexibility index (Phi) is 8.02. The Morgan fingerprint density at radius 2 is 1.67 bits per heavy atom. The Hall–Kier alpha value is -4.71. The van der Waals surface area contributed by atoms with Crippen molar-refractivity contribution in [1.82, 2.24) is 0 Å². The molecule has 0 bridgehead atoms. The number of carboxylic acids is 2. The molecule has 4 N–H and O–H groups in total. The molecule has 2 amide bonds. The summed E-state index contributed by atoms with van der Waals surface area (Å²) in [6.07, 6.45) is 0. The molecule has 0 atom stereocenters. The average Bonchev–Trinajstić information content (AvgIpc) is 2.83. The number of carbonyl (C=O) groups is 4. The average molecular weight is 509 g/mol. The molecule has 3 aromatic rings. The van der Waals surface area contributed by atoms with Gasteiger partial charge in [-0.05, 0) is 55.0 Å². The predicted octanol–water partition coefficient (Wildman–Crippen LogP) is 4.28. The van der Waals surface area contributed by atoms with Gasteiger partial charge in [-0.3, -0.25) is 19.7 Å². The lowest BCUT2D eigenvalue weighted by atomic mass is 10.0. The molecule has 0 spiro atoms. The van der Waals surface area contributed by atoms with Crippen molar-refractivity contribution >= 4 is 52.6 Å². The molecule has 0 fully saturated rings. The number of benzene rings is 3. The first-order chi connectivity index (χ1) is 17.0. The van der Waals surface area contributed by atoms with Gasteiger partial charge < -0.3 is 20.8 Å². The first-order valence-corrected chi connectivity index (χ1v) is 11.2. The summed E-state index contributed by atoms with van der Waals surface area (Å²) in [4.78, 5) is 58.6. The number of aryl methyl sites for hydroxylation is 1. The van der Waals surface area contributed by atoms with E-state index in [-0.39, 0.29) is 28.5 Å². The van der Waals surface area contributed by atoms with E-state index < -0.39 is 28.3 Å². The number of rotatable bonds is 9. The molecule has 12 heteroatoms. The molecule has 0 heterocycles. The molecule has 11 nitrogen and oxygen atoms in total. The number of nitro groups is 1. The molecule has 184 valence electrons. The normalized spacial score (nSPS) is 10.4. The van der Waals surface area contributed by atoms with E-state index in [2.05, 4.69) is 10.6 Å². The number of anilines is 2. The van der Waals surface area contributed by atoms with Crippen molar-refractivity contribution in [2.75, 3.05) is 16.4 Å². The molecule has 0 unspecified atom stereocenters. The maximum Gasteiger partial charge on any atom is 0.336 e. The van der Waals surface area contributed by atoms with Crippen LogP contribution in [-0.4, -0.2) is 44.6 Å². The minimum absolute atomic E-state index is 0.0215. The molecular formula is C24H19N3O8S. The molecule has 0 aromatic heterocycles. The van der Waals surface area contributed by atoms with E-state index in [0.717, 1.165) is 18.2 Å². The maximum absolute atomic E-state index is 12.7. The van der Waals surface area contributed by atoms with Gasteiger partial charge in [-0.15, -0.1) is 11.8 Å². The smallest absolute Gasteiger partial charge is 0.336 e. The fourth-order valence-corrected chi connectivity index (χ4v) is 3.91. The second kappa shape index (κ2) is 11.1. The number of carboxylic acid groups (broad SMARTS) is 2. The highest BCUT2D eigenvalue weighted by atomic mass is 32.2. The van der Waals surface area contributed by atoms with Crippen LogP contribution in [0.2, 0.25) is 0 Å². The highest BCUT2D eigenvalue weighted by Crippen LogP contribution is 2.25. The van der Waals surface area contributed by atoms with Crippen LogP contribution in [0.5, 0.6) is 0 Å². The van der Waals surface area contributed by atoms with Crippen LogP contribution >= 0.6 is 11.8 Å². The minimum atomic E-state index is -1.44. The van der Waals surface area contributed by atoms with Crippen molar-refractivity contribution in [3.63, 3.8) is 0 Å². The molecule has 0 saturated heterocycles. The summed E-state index contributed by atoms with van der Waals surface area (Å²) in [6.45, 7) is 1.65. The Morgan fingerprint density at radius 1 is 0.917 bits per heavy atom. The van der Waals surface area contributed by atoms with Crippen LogP contribution in [0.15, 0.2) is 65.6 Å². The zero-order valence-electron chi connectivity index (χ0n) is 18.7. The number of nitro benzene ring substituents is 1. The molecule has 3 rings (SSSR count). The van der Waals surface area contributed by atoms with Gasteiger partial charge in [-0.25, -0.2) is 9.59 Å². The SMILES string of the molecule is Cc1cc([N+](=O)[O-])ccc1NC(=O)CSc1cccc(NC(=O)c2ccc(C(=O)O)cc2C(=O)O)c1. The topological polar surface area (TPSA) is 176 Å². The van der Waals surface area contributed by atoms with Crippen LogP contribution in [-0.2, 0) is 4.79 Å². The quantitative estimate of drug-likeness (QED) is 0.186. The summed E-state index contributed by atoms with van der Waals surface area (Å²) >= 11 is 1.18. The van der Waals surface area contributed by atoms with Crippen LogP contribution in [0.4, 0.5) is 17.1 Å². The number of hydrogen-bond donors (Lipinski definition) is 4. The van der Waals surface area contributed by atoms with Crippen molar-refractivity contribution in [3.05, 3.63) is 93.0 Å². The third-order valence-electron chi connectivity index (χ3n) is 4.90. The number of amides is 2. The predicted molar refractivity (Wildman–Crippen MR) is 132 cm³/mol. The van der Waals surface area contributed by atoms with Gasteiger partial charge in [0.15, 0.2) is 0 Å². The lowest BCUT2D eigenvalue weighted by molar-refractivity contribution is -0.384. The summed E-state index contributed by atoms with van der Waals surface area (Å²) < 4.78 is 0. The lowest BCUT2D eigenvalue weighted by Crippen LogP contribution is -2.17. The Balaban J connectivity index is 1.65. The number of thioether (sulfide) groups is 1. The zero-order chi connectivity index (χ0) is 26.4. The van der Waals surface area contributed by atoms with Gasteiger partial charge in [0.05, 0.1) is 27.4 Å². The van der Waals surface area contributed by atoms with Crippen LogP contribution in [0.25, 0.3) is 0 Å². The van der Waals surface area contributed by atoms with Crippen molar-refractivity contribution in [2.45, 2.75) is 11.8 Å². The van der Waals surface area contributed by atoms with E-state index >= 15 is 0 Å². The van der Waals surface area contributed by atoms with Gasteiger partial charge in [-0.1, -0.05) is 6.07 Å². The minimum Gasteiger partial charge on any atom is -0.478 e. The van der Waals surface area contributed by atoms with Crippen LogP contribution in [0.1, 0.15) is 36.6 Å². The van der Waals surface area contributed by atoms with Crippen LogP contribution in [0.3, 0.4) is 0 Å². The van der Waals surface area contributed by atoms with E-state index in [4.69, 9.17) is 5.11 Å². The van der Waals surface area contributed by atoms with Crippen molar-refractivity contribution in [1.29, 1.82) is 0 Å². The highest BCUT2D eigenvalue weighted by molar-refractivity contribution is 8.00. The standard InChI is InChI=1S/C24H19N3O8S/c1-13-9-16(27(34)35)6-8-20(13)26-21(28)12-36-17-4-2-3-15(11-17)25-22(29)18-7-5-14(23(30)31)10-19(18)24(32)33/h2-11H,12H2,1H3,(H,25,29)(H,26,28)(H,30,31)(H,32,33). The molecule has 0 radical (unpaired) electrons. The second-order valence-corrected chi connectivity index (χ2v) is 8.49. The maximum atomic E-state index is 12.7. The molecule has 0 saturated carbocycles. The van der Waals surface area contributed by atoms with Crippen molar-refractivity contribution in [2.24, 2.45) is 0 Å². The van der Waals surface area contributed by atoms with Gasteiger partial charge in [0.1, 0.15) is 0 Å². The Labute approximate surface area is 208 Å². The first-order valence-electron chi connectivity index (χ1n) is 10.2. The highest BCUT2D eigenvalue weighted by Gasteiger charge is 2.19. The van der Waals surface area contributed by atoms with Gasteiger partial charge in [-0.2, -0.15) is 0 Å². The van der Waals surface area contributed by atoms with Gasteiger partial charge >= 0.3 is 11.9 Å². The van der Waals surface area contributed by atoms with Gasteiger partial charge in [0.25, 0.3) is 11.6 Å². The van der Waals surface area contributed by atoms with E-state index in [1.54, 1.807) is 31.2 Å². The Morgan fingerprint density at radius 3 is 2.31 bits per heavy atom. The van der Waals surface area contributed by atoms with E-state index in [9.17, 15) is 34.4 Å². The fourth-order valence-electron chi connectivity index (χ4n) is 3.15. The molecular weight excluding hydrogens is 490 g/mol. The summed E-state index contributed by atoms with van der Waals surface area (Å²) in [5.74, 6) is -3.81. The number of hydrogen-bond acceptors (Lipinski definition) is 7. The molecule has 0 aliphatic carbocycles.